The normalized spacial score (nSPS) is 7.70. The Kier molecular flexibility index (Phi) is 10.3. The molecule has 0 unspecified atom stereocenters. The van der Waals surface area contributed by atoms with Crippen LogP contribution in [0.15, 0.2) is 12.7 Å². The molecule has 60 valence electrons. The van der Waals surface area contributed by atoms with Crippen molar-refractivity contribution in [3.05, 3.63) is 12.7 Å². The van der Waals surface area contributed by atoms with E-state index < -0.39 is 0 Å². The summed E-state index contributed by atoms with van der Waals surface area (Å²) in [6, 6.07) is 0. The average Bonchev–Trinajstić information content (AvgIpc) is 1.85. The fourth-order valence-electron chi connectivity index (χ4n) is 0.405. The van der Waals surface area contributed by atoms with E-state index in [0.29, 0.717) is 19.5 Å². The molecule has 0 fully saturated rings. The van der Waals surface area contributed by atoms with Gasteiger partial charge in [0.2, 0.25) is 5.91 Å². The van der Waals surface area contributed by atoms with Gasteiger partial charge in [-0.2, -0.15) is 0 Å². The lowest BCUT2D eigenvalue weighted by atomic mass is 10.4. The van der Waals surface area contributed by atoms with Crippen LogP contribution in [-0.2, 0) is 4.79 Å². The van der Waals surface area contributed by atoms with Crippen LogP contribution in [0, 0.1) is 0 Å². The quantitative estimate of drug-likeness (QED) is 0.578. The third-order valence-corrected chi connectivity index (χ3v) is 0.815. The second-order valence-corrected chi connectivity index (χ2v) is 1.63. The van der Waals surface area contributed by atoms with Gasteiger partial charge in [0.05, 0.1) is 0 Å². The number of carbonyl (C=O) groups is 1. The molecule has 1 amide bonds. The molecule has 0 bridgehead atoms. The Bertz CT molecular complexity index is 106. The third-order valence-electron chi connectivity index (χ3n) is 0.815. The summed E-state index contributed by atoms with van der Waals surface area (Å²) in [5.41, 5.74) is 5.11. The van der Waals surface area contributed by atoms with E-state index in [9.17, 15) is 4.79 Å². The minimum Gasteiger partial charge on any atom is -0.353 e. The molecular formula is C6H13ClN2O. The summed E-state index contributed by atoms with van der Waals surface area (Å²) >= 11 is 0. The van der Waals surface area contributed by atoms with Crippen LogP contribution in [-0.4, -0.2) is 19.0 Å². The number of nitrogens with one attached hydrogen (secondary N) is 1. The van der Waals surface area contributed by atoms with Gasteiger partial charge in [0.15, 0.2) is 0 Å². The van der Waals surface area contributed by atoms with Gasteiger partial charge in [0, 0.05) is 19.5 Å². The molecule has 0 aliphatic heterocycles. The summed E-state index contributed by atoms with van der Waals surface area (Å²) in [5.74, 6) is -0.0163. The van der Waals surface area contributed by atoms with Crippen molar-refractivity contribution >= 4 is 18.3 Å². The molecule has 0 rings (SSSR count). The van der Waals surface area contributed by atoms with Crippen LogP contribution < -0.4 is 11.1 Å². The molecule has 0 heterocycles. The molecule has 0 radical (unpaired) electrons. The standard InChI is InChI=1S/C6H12N2O.ClH/c1-2-5-8-6(9)3-4-7;/h2H,1,3-5,7H2,(H,8,9);1H. The first-order chi connectivity index (χ1) is 4.31. The van der Waals surface area contributed by atoms with Gasteiger partial charge in [-0.05, 0) is 0 Å². The van der Waals surface area contributed by atoms with Crippen LogP contribution in [0.5, 0.6) is 0 Å². The van der Waals surface area contributed by atoms with Crippen LogP contribution in [0.2, 0.25) is 0 Å². The third kappa shape index (κ3) is 7.46. The molecule has 3 nitrogen and oxygen atoms in total. The second kappa shape index (κ2) is 8.46. The van der Waals surface area contributed by atoms with Crippen molar-refractivity contribution in [2.45, 2.75) is 6.42 Å². The molecule has 0 aromatic rings. The van der Waals surface area contributed by atoms with Crippen molar-refractivity contribution in [2.75, 3.05) is 13.1 Å². The van der Waals surface area contributed by atoms with Crippen molar-refractivity contribution in [3.63, 3.8) is 0 Å². The summed E-state index contributed by atoms with van der Waals surface area (Å²) < 4.78 is 0. The molecule has 0 saturated carbocycles. The van der Waals surface area contributed by atoms with E-state index in [-0.39, 0.29) is 18.3 Å². The zero-order chi connectivity index (χ0) is 7.11. The first kappa shape index (κ1) is 12.2. The van der Waals surface area contributed by atoms with Gasteiger partial charge in [-0.25, -0.2) is 0 Å². The van der Waals surface area contributed by atoms with Crippen molar-refractivity contribution < 1.29 is 4.79 Å². The smallest absolute Gasteiger partial charge is 0.221 e. The fraction of sp³-hybridized carbons (Fsp3) is 0.500. The Balaban J connectivity index is 0. The average molecular weight is 165 g/mol. The monoisotopic (exact) mass is 164 g/mol. The number of nitrogens with two attached hydrogens (primary N) is 1. The lowest BCUT2D eigenvalue weighted by molar-refractivity contribution is -0.120. The molecule has 0 aromatic heterocycles. The van der Waals surface area contributed by atoms with Crippen LogP contribution in [0.3, 0.4) is 0 Å². The first-order valence-electron chi connectivity index (χ1n) is 2.89. The van der Waals surface area contributed by atoms with Crippen molar-refractivity contribution in [3.8, 4) is 0 Å². The lowest BCUT2D eigenvalue weighted by Crippen LogP contribution is -2.25. The van der Waals surface area contributed by atoms with E-state index in [1.165, 1.54) is 0 Å². The van der Waals surface area contributed by atoms with E-state index in [1.54, 1.807) is 6.08 Å². The highest BCUT2D eigenvalue weighted by Crippen LogP contribution is 1.72. The van der Waals surface area contributed by atoms with E-state index in [0.717, 1.165) is 0 Å². The lowest BCUT2D eigenvalue weighted by Gasteiger charge is -1.97. The summed E-state index contributed by atoms with van der Waals surface area (Å²) in [7, 11) is 0. The number of hydrogen-bond acceptors (Lipinski definition) is 2. The van der Waals surface area contributed by atoms with Crippen molar-refractivity contribution in [2.24, 2.45) is 5.73 Å². The Morgan fingerprint density at radius 1 is 1.70 bits per heavy atom. The molecule has 0 aromatic carbocycles. The maximum Gasteiger partial charge on any atom is 0.221 e. The molecule has 0 aliphatic carbocycles. The SMILES string of the molecule is C=CCNC(=O)CCN.Cl. The highest BCUT2D eigenvalue weighted by atomic mass is 35.5. The summed E-state index contributed by atoms with van der Waals surface area (Å²) in [5, 5.41) is 2.60. The molecule has 0 saturated heterocycles. The molecular weight excluding hydrogens is 152 g/mol. The van der Waals surface area contributed by atoms with E-state index in [2.05, 4.69) is 11.9 Å². The number of rotatable bonds is 4. The van der Waals surface area contributed by atoms with Gasteiger partial charge in [-0.15, -0.1) is 19.0 Å². The van der Waals surface area contributed by atoms with Gasteiger partial charge in [0.25, 0.3) is 0 Å². The van der Waals surface area contributed by atoms with E-state index in [1.807, 2.05) is 0 Å². The van der Waals surface area contributed by atoms with Crippen molar-refractivity contribution in [1.82, 2.24) is 5.32 Å². The van der Waals surface area contributed by atoms with Gasteiger partial charge in [-0.3, -0.25) is 4.79 Å². The second-order valence-electron chi connectivity index (χ2n) is 1.63. The summed E-state index contributed by atoms with van der Waals surface area (Å²) in [4.78, 5) is 10.6. The number of carbonyl (C=O) groups excluding carboxylic acids is 1. The molecule has 10 heavy (non-hydrogen) atoms. The Morgan fingerprint density at radius 3 is 2.70 bits per heavy atom. The van der Waals surface area contributed by atoms with E-state index in [4.69, 9.17) is 5.73 Å². The van der Waals surface area contributed by atoms with Crippen LogP contribution in [0.4, 0.5) is 0 Å². The minimum absolute atomic E-state index is 0. The predicted octanol–water partition coefficient (Wildman–Crippen LogP) is 0.0592. The van der Waals surface area contributed by atoms with Gasteiger partial charge in [-0.1, -0.05) is 6.08 Å². The first-order valence-corrected chi connectivity index (χ1v) is 2.89. The largest absolute Gasteiger partial charge is 0.353 e. The van der Waals surface area contributed by atoms with Crippen molar-refractivity contribution in [1.29, 1.82) is 0 Å². The topological polar surface area (TPSA) is 55.1 Å². The maximum absolute atomic E-state index is 10.6. The Morgan fingerprint density at radius 2 is 2.30 bits per heavy atom. The Labute approximate surface area is 67.1 Å². The molecule has 4 heteroatoms. The predicted molar refractivity (Wildman–Crippen MR) is 44.1 cm³/mol. The van der Waals surface area contributed by atoms with Gasteiger partial charge >= 0.3 is 0 Å². The minimum atomic E-state index is -0.0163. The summed E-state index contributed by atoms with van der Waals surface area (Å²) in [6.07, 6.45) is 2.03. The molecule has 0 spiro atoms. The highest BCUT2D eigenvalue weighted by molar-refractivity contribution is 5.85. The van der Waals surface area contributed by atoms with E-state index >= 15 is 0 Å². The van der Waals surface area contributed by atoms with Gasteiger partial charge < -0.3 is 11.1 Å². The number of halogens is 1. The highest BCUT2D eigenvalue weighted by Gasteiger charge is 1.93. The van der Waals surface area contributed by atoms with Crippen LogP contribution >= 0.6 is 12.4 Å². The van der Waals surface area contributed by atoms with Gasteiger partial charge in [0.1, 0.15) is 0 Å². The zero-order valence-corrected chi connectivity index (χ0v) is 6.62. The molecule has 0 aliphatic rings. The Hall–Kier alpha value is -0.540. The maximum atomic E-state index is 10.6. The molecule has 0 atom stereocenters. The number of hydrogen-bond donors (Lipinski definition) is 2. The van der Waals surface area contributed by atoms with Crippen LogP contribution in [0.25, 0.3) is 0 Å². The van der Waals surface area contributed by atoms with Crippen LogP contribution in [0.1, 0.15) is 6.42 Å². The summed E-state index contributed by atoms with van der Waals surface area (Å²) in [6.45, 7) is 4.38. The zero-order valence-electron chi connectivity index (χ0n) is 5.80. The fourth-order valence-corrected chi connectivity index (χ4v) is 0.405. The molecule has 3 N–H and O–H groups in total. The number of amides is 1.